The largest absolute Gasteiger partial charge is 0.375 e. The lowest BCUT2D eigenvalue weighted by Crippen LogP contribution is -2.33. The highest BCUT2D eigenvalue weighted by molar-refractivity contribution is 5.84. The topological polar surface area (TPSA) is 61.5 Å². The van der Waals surface area contributed by atoms with E-state index >= 15 is 0 Å². The van der Waals surface area contributed by atoms with E-state index in [1.807, 2.05) is 0 Å². The number of hydrogen-bond donors (Lipinski definition) is 1. The molecule has 0 aliphatic carbocycles. The van der Waals surface area contributed by atoms with E-state index < -0.39 is 0 Å². The van der Waals surface area contributed by atoms with Gasteiger partial charge in [-0.05, 0) is 66.3 Å². The Hall–Kier alpha value is -0.450. The number of Topliss-reactive ketones (excluding diaryl/α,β-unsaturated/α-hetero) is 1. The predicted octanol–water partition coefficient (Wildman–Crippen LogP) is 5.27. The van der Waals surface area contributed by atoms with Crippen LogP contribution in [0.15, 0.2) is 0 Å². The summed E-state index contributed by atoms with van der Waals surface area (Å²) < 4.78 is 12.0. The van der Waals surface area contributed by atoms with Crippen LogP contribution in [0.3, 0.4) is 0 Å². The third kappa shape index (κ3) is 10.6. The Morgan fingerprint density at radius 3 is 1.96 bits per heavy atom. The van der Waals surface area contributed by atoms with E-state index in [2.05, 4.69) is 48.5 Å². The van der Waals surface area contributed by atoms with Crippen LogP contribution in [-0.2, 0) is 14.3 Å². The molecule has 0 aliphatic heterocycles. The van der Waals surface area contributed by atoms with Crippen molar-refractivity contribution in [1.82, 2.24) is 0 Å². The number of ether oxygens (including phenoxy) is 2. The van der Waals surface area contributed by atoms with Crippen molar-refractivity contribution in [2.75, 3.05) is 19.8 Å². The first-order chi connectivity index (χ1) is 12.0. The van der Waals surface area contributed by atoms with Gasteiger partial charge in [0.25, 0.3) is 0 Å². The van der Waals surface area contributed by atoms with Crippen molar-refractivity contribution in [2.45, 2.75) is 111 Å². The van der Waals surface area contributed by atoms with Gasteiger partial charge >= 0.3 is 0 Å². The molecule has 0 heterocycles. The third-order valence-corrected chi connectivity index (χ3v) is 5.53. The van der Waals surface area contributed by atoms with Crippen LogP contribution in [0.25, 0.3) is 0 Å². The summed E-state index contributed by atoms with van der Waals surface area (Å²) in [7, 11) is 0. The van der Waals surface area contributed by atoms with E-state index in [9.17, 15) is 4.79 Å². The molecule has 0 radical (unpaired) electrons. The summed E-state index contributed by atoms with van der Waals surface area (Å²) in [4.78, 5) is 12.7. The summed E-state index contributed by atoms with van der Waals surface area (Å²) in [6.07, 6.45) is 7.25. The number of ketones is 1. The Balaban J connectivity index is 4.33. The van der Waals surface area contributed by atoms with Gasteiger partial charge in [0.05, 0.1) is 17.8 Å². The van der Waals surface area contributed by atoms with Crippen molar-refractivity contribution in [1.29, 1.82) is 0 Å². The van der Waals surface area contributed by atoms with E-state index in [1.54, 1.807) is 0 Å². The summed E-state index contributed by atoms with van der Waals surface area (Å²) in [6.45, 7) is 16.7. The van der Waals surface area contributed by atoms with Crippen LogP contribution in [0.1, 0.15) is 99.8 Å². The van der Waals surface area contributed by atoms with E-state index in [1.165, 1.54) is 0 Å². The lowest BCUT2D eigenvalue weighted by Gasteiger charge is -2.31. The van der Waals surface area contributed by atoms with Crippen LogP contribution in [0.2, 0.25) is 0 Å². The summed E-state index contributed by atoms with van der Waals surface area (Å²) >= 11 is 0. The van der Waals surface area contributed by atoms with Gasteiger partial charge in [0.2, 0.25) is 0 Å². The average molecular weight is 372 g/mol. The molecular formula is C22H45NO3. The molecule has 26 heavy (non-hydrogen) atoms. The second-order valence-electron chi connectivity index (χ2n) is 9.05. The van der Waals surface area contributed by atoms with E-state index in [0.717, 1.165) is 44.9 Å². The molecule has 4 nitrogen and oxygen atoms in total. The average Bonchev–Trinajstić information content (AvgIpc) is 2.57. The molecule has 0 saturated carbocycles. The van der Waals surface area contributed by atoms with Crippen LogP contribution in [0.5, 0.6) is 0 Å². The molecule has 0 saturated heterocycles. The number of nitrogens with two attached hydrogens (primary N) is 1. The Kier molecular flexibility index (Phi) is 11.9. The van der Waals surface area contributed by atoms with Crippen LogP contribution >= 0.6 is 0 Å². The van der Waals surface area contributed by atoms with Gasteiger partial charge in [0.15, 0.2) is 0 Å². The molecule has 0 aliphatic rings. The molecule has 0 bridgehead atoms. The number of hydrogen-bond acceptors (Lipinski definition) is 4. The molecule has 0 aromatic heterocycles. The summed E-state index contributed by atoms with van der Waals surface area (Å²) in [5.74, 6) is 0.385. The number of carbonyl (C=O) groups is 1. The molecule has 0 aromatic carbocycles. The number of rotatable bonds is 16. The van der Waals surface area contributed by atoms with Gasteiger partial charge in [0.1, 0.15) is 5.78 Å². The highest BCUT2D eigenvalue weighted by Crippen LogP contribution is 2.32. The Morgan fingerprint density at radius 1 is 0.846 bits per heavy atom. The maximum Gasteiger partial charge on any atom is 0.138 e. The Morgan fingerprint density at radius 2 is 1.42 bits per heavy atom. The van der Waals surface area contributed by atoms with Crippen LogP contribution in [-0.4, -0.2) is 36.7 Å². The highest BCUT2D eigenvalue weighted by atomic mass is 16.5. The first kappa shape index (κ1) is 25.6. The van der Waals surface area contributed by atoms with Crippen LogP contribution in [0.4, 0.5) is 0 Å². The van der Waals surface area contributed by atoms with Crippen molar-refractivity contribution in [3.05, 3.63) is 0 Å². The second kappa shape index (κ2) is 12.1. The van der Waals surface area contributed by atoms with Gasteiger partial charge in [-0.2, -0.15) is 0 Å². The first-order valence-electron chi connectivity index (χ1n) is 10.5. The van der Waals surface area contributed by atoms with Gasteiger partial charge in [-0.25, -0.2) is 0 Å². The van der Waals surface area contributed by atoms with Crippen molar-refractivity contribution >= 4 is 5.78 Å². The smallest absolute Gasteiger partial charge is 0.138 e. The highest BCUT2D eigenvalue weighted by Gasteiger charge is 2.32. The fourth-order valence-electron chi connectivity index (χ4n) is 2.95. The standard InChI is InChI=1S/C22H45NO3/c1-8-10-13-22(7,9-2)19(24)12-14-20(3,4)26-18-15-21(5,6)25-17-11-16-23/h8-18,23H2,1-7H3. The number of carbonyl (C=O) groups excluding carboxylic acids is 1. The minimum absolute atomic E-state index is 0.176. The molecule has 1 atom stereocenters. The van der Waals surface area contributed by atoms with Crippen molar-refractivity contribution < 1.29 is 14.3 Å². The van der Waals surface area contributed by atoms with Gasteiger partial charge in [-0.1, -0.05) is 33.6 Å². The zero-order chi connectivity index (χ0) is 20.3. The molecule has 0 aromatic rings. The lowest BCUT2D eigenvalue weighted by atomic mass is 9.76. The van der Waals surface area contributed by atoms with Gasteiger partial charge < -0.3 is 15.2 Å². The zero-order valence-electron chi connectivity index (χ0n) is 18.6. The van der Waals surface area contributed by atoms with E-state index in [-0.39, 0.29) is 16.6 Å². The second-order valence-corrected chi connectivity index (χ2v) is 9.05. The SMILES string of the molecule is CCCCC(C)(CC)C(=O)CCC(C)(C)OCCC(C)(C)OCCCN. The first-order valence-corrected chi connectivity index (χ1v) is 10.5. The maximum absolute atomic E-state index is 12.7. The quantitative estimate of drug-likeness (QED) is 0.375. The predicted molar refractivity (Wildman–Crippen MR) is 111 cm³/mol. The van der Waals surface area contributed by atoms with Gasteiger partial charge in [-0.3, -0.25) is 4.79 Å². The van der Waals surface area contributed by atoms with Crippen LogP contribution < -0.4 is 5.73 Å². The van der Waals surface area contributed by atoms with Crippen LogP contribution in [0, 0.1) is 5.41 Å². The molecule has 1 unspecified atom stereocenters. The van der Waals surface area contributed by atoms with Crippen molar-refractivity contribution in [2.24, 2.45) is 11.1 Å². The Bertz CT molecular complexity index is 393. The van der Waals surface area contributed by atoms with E-state index in [4.69, 9.17) is 15.2 Å². The minimum Gasteiger partial charge on any atom is -0.375 e. The molecular weight excluding hydrogens is 326 g/mol. The molecule has 0 spiro atoms. The molecule has 2 N–H and O–H groups in total. The molecule has 0 amide bonds. The summed E-state index contributed by atoms with van der Waals surface area (Å²) in [5.41, 5.74) is 4.84. The zero-order valence-corrected chi connectivity index (χ0v) is 18.6. The molecule has 0 fully saturated rings. The maximum atomic E-state index is 12.7. The fraction of sp³-hybridized carbons (Fsp3) is 0.955. The number of unbranched alkanes of at least 4 members (excludes halogenated alkanes) is 1. The van der Waals surface area contributed by atoms with Gasteiger partial charge in [-0.15, -0.1) is 0 Å². The normalized spacial score (nSPS) is 15.1. The summed E-state index contributed by atoms with van der Waals surface area (Å²) in [5, 5.41) is 0. The molecule has 156 valence electrons. The van der Waals surface area contributed by atoms with Crippen molar-refractivity contribution in [3.8, 4) is 0 Å². The summed E-state index contributed by atoms with van der Waals surface area (Å²) in [6, 6.07) is 0. The van der Waals surface area contributed by atoms with Gasteiger partial charge in [0, 0.05) is 18.4 Å². The van der Waals surface area contributed by atoms with E-state index in [0.29, 0.717) is 32.0 Å². The minimum atomic E-state index is -0.289. The lowest BCUT2D eigenvalue weighted by molar-refractivity contribution is -0.130. The third-order valence-electron chi connectivity index (χ3n) is 5.53. The van der Waals surface area contributed by atoms with Crippen molar-refractivity contribution in [3.63, 3.8) is 0 Å². The molecule has 0 rings (SSSR count). The monoisotopic (exact) mass is 371 g/mol. The fourth-order valence-corrected chi connectivity index (χ4v) is 2.95. The molecule has 4 heteroatoms. The Labute approximate surface area is 162 Å².